The molecule has 0 heterocycles. The van der Waals surface area contributed by atoms with Crippen LogP contribution in [-0.4, -0.2) is 5.78 Å². The van der Waals surface area contributed by atoms with Crippen molar-refractivity contribution in [2.24, 2.45) is 11.8 Å². The number of carbonyl (C=O) groups excluding carboxylic acids is 1. The quantitative estimate of drug-likeness (QED) is 0.606. The third-order valence-corrected chi connectivity index (χ3v) is 3.07. The Bertz CT molecular complexity index is 193. The number of carbonyl (C=O) groups is 1. The Hall–Kier alpha value is -0.590. The van der Waals surface area contributed by atoms with E-state index in [9.17, 15) is 4.79 Å². The van der Waals surface area contributed by atoms with E-state index in [1.807, 2.05) is 13.0 Å². The van der Waals surface area contributed by atoms with Gasteiger partial charge in [0.05, 0.1) is 0 Å². The highest BCUT2D eigenvalue weighted by Gasteiger charge is 2.28. The van der Waals surface area contributed by atoms with E-state index in [2.05, 4.69) is 13.0 Å². The van der Waals surface area contributed by atoms with E-state index in [4.69, 9.17) is 0 Å². The maximum Gasteiger partial charge on any atom is 0.136 e. The molecule has 0 spiro atoms. The van der Waals surface area contributed by atoms with Crippen LogP contribution in [0.2, 0.25) is 0 Å². The first kappa shape index (κ1) is 10.5. The summed E-state index contributed by atoms with van der Waals surface area (Å²) in [7, 11) is 0. The minimum Gasteiger partial charge on any atom is -0.299 e. The Morgan fingerprint density at radius 2 is 2.23 bits per heavy atom. The van der Waals surface area contributed by atoms with Crippen LogP contribution < -0.4 is 0 Å². The van der Waals surface area contributed by atoms with E-state index < -0.39 is 0 Å². The van der Waals surface area contributed by atoms with Gasteiger partial charge in [-0.3, -0.25) is 4.79 Å². The van der Waals surface area contributed by atoms with Gasteiger partial charge in [-0.25, -0.2) is 0 Å². The molecule has 0 aliphatic heterocycles. The molecule has 0 aromatic rings. The smallest absolute Gasteiger partial charge is 0.136 e. The number of hydrogen-bond acceptors (Lipinski definition) is 1. The summed E-state index contributed by atoms with van der Waals surface area (Å²) in [6.45, 7) is 4.22. The molecule has 0 bridgehead atoms. The van der Waals surface area contributed by atoms with Crippen LogP contribution in [0.25, 0.3) is 0 Å². The lowest BCUT2D eigenvalue weighted by molar-refractivity contribution is -0.123. The second kappa shape index (κ2) is 5.21. The van der Waals surface area contributed by atoms with Crippen LogP contribution in [0.4, 0.5) is 0 Å². The molecule has 0 radical (unpaired) electrons. The molecule has 0 saturated heterocycles. The molecule has 0 aromatic heterocycles. The fourth-order valence-corrected chi connectivity index (χ4v) is 2.20. The maximum absolute atomic E-state index is 11.7. The highest BCUT2D eigenvalue weighted by Crippen LogP contribution is 2.32. The standard InChI is InChI=1S/C12H20O/c1-3-4-5-9-12(13)11-8-6-7-10(11)2/h3-4,10-11H,5-9H2,1-2H3. The van der Waals surface area contributed by atoms with Gasteiger partial charge in [-0.1, -0.05) is 25.5 Å². The fraction of sp³-hybridized carbons (Fsp3) is 0.750. The van der Waals surface area contributed by atoms with E-state index in [-0.39, 0.29) is 0 Å². The van der Waals surface area contributed by atoms with Crippen LogP contribution in [0.15, 0.2) is 12.2 Å². The molecule has 1 saturated carbocycles. The number of hydrogen-bond donors (Lipinski definition) is 0. The van der Waals surface area contributed by atoms with E-state index in [0.717, 1.165) is 19.3 Å². The predicted molar refractivity (Wildman–Crippen MR) is 55.6 cm³/mol. The van der Waals surface area contributed by atoms with E-state index in [1.54, 1.807) is 0 Å². The lowest BCUT2D eigenvalue weighted by Crippen LogP contribution is -2.16. The zero-order chi connectivity index (χ0) is 9.68. The molecule has 2 atom stereocenters. The monoisotopic (exact) mass is 180 g/mol. The Labute approximate surface area is 81.2 Å². The third-order valence-electron chi connectivity index (χ3n) is 3.07. The lowest BCUT2D eigenvalue weighted by Gasteiger charge is -2.12. The summed E-state index contributed by atoms with van der Waals surface area (Å²) < 4.78 is 0. The summed E-state index contributed by atoms with van der Waals surface area (Å²) in [5.41, 5.74) is 0. The normalized spacial score (nSPS) is 28.5. The summed E-state index contributed by atoms with van der Waals surface area (Å²) in [5.74, 6) is 1.51. The van der Waals surface area contributed by atoms with E-state index in [0.29, 0.717) is 17.6 Å². The van der Waals surface area contributed by atoms with Crippen LogP contribution in [0, 0.1) is 11.8 Å². The second-order valence-electron chi connectivity index (χ2n) is 4.09. The van der Waals surface area contributed by atoms with Gasteiger partial charge in [-0.15, -0.1) is 0 Å². The van der Waals surface area contributed by atoms with Crippen LogP contribution in [0.3, 0.4) is 0 Å². The molecule has 2 unspecified atom stereocenters. The maximum atomic E-state index is 11.7. The molecular weight excluding hydrogens is 160 g/mol. The average molecular weight is 180 g/mol. The van der Waals surface area contributed by atoms with Gasteiger partial charge in [0.25, 0.3) is 0 Å². The van der Waals surface area contributed by atoms with Crippen LogP contribution >= 0.6 is 0 Å². The van der Waals surface area contributed by atoms with Gasteiger partial charge in [0.15, 0.2) is 0 Å². The molecule has 1 fully saturated rings. The van der Waals surface area contributed by atoms with E-state index in [1.165, 1.54) is 12.8 Å². The number of rotatable bonds is 4. The molecule has 0 amide bonds. The van der Waals surface area contributed by atoms with Crippen molar-refractivity contribution < 1.29 is 4.79 Å². The fourth-order valence-electron chi connectivity index (χ4n) is 2.20. The van der Waals surface area contributed by atoms with Crippen molar-refractivity contribution in [2.75, 3.05) is 0 Å². The first-order valence-corrected chi connectivity index (χ1v) is 5.39. The molecule has 74 valence electrons. The summed E-state index contributed by atoms with van der Waals surface area (Å²) in [5, 5.41) is 0. The number of Topliss-reactive ketones (excluding diaryl/α,β-unsaturated/α-hetero) is 1. The van der Waals surface area contributed by atoms with Gasteiger partial charge in [-0.05, 0) is 32.1 Å². The van der Waals surface area contributed by atoms with Gasteiger partial charge in [-0.2, -0.15) is 0 Å². The van der Waals surface area contributed by atoms with Crippen molar-refractivity contribution in [2.45, 2.75) is 46.0 Å². The van der Waals surface area contributed by atoms with Gasteiger partial charge < -0.3 is 0 Å². The minimum absolute atomic E-state index is 0.380. The Kier molecular flexibility index (Phi) is 4.20. The van der Waals surface area contributed by atoms with Crippen molar-refractivity contribution in [1.82, 2.24) is 0 Å². The van der Waals surface area contributed by atoms with Crippen LogP contribution in [0.5, 0.6) is 0 Å². The predicted octanol–water partition coefficient (Wildman–Crippen LogP) is 3.35. The third kappa shape index (κ3) is 2.98. The minimum atomic E-state index is 0.380. The Balaban J connectivity index is 2.30. The van der Waals surface area contributed by atoms with Crippen molar-refractivity contribution in [1.29, 1.82) is 0 Å². The molecule has 0 N–H and O–H groups in total. The molecule has 1 aliphatic rings. The van der Waals surface area contributed by atoms with Crippen molar-refractivity contribution >= 4 is 5.78 Å². The first-order chi connectivity index (χ1) is 6.25. The Morgan fingerprint density at radius 3 is 2.77 bits per heavy atom. The second-order valence-corrected chi connectivity index (χ2v) is 4.09. The number of allylic oxidation sites excluding steroid dienone is 2. The largest absolute Gasteiger partial charge is 0.299 e. The van der Waals surface area contributed by atoms with E-state index >= 15 is 0 Å². The van der Waals surface area contributed by atoms with Gasteiger partial charge in [0.2, 0.25) is 0 Å². The van der Waals surface area contributed by atoms with Crippen molar-refractivity contribution in [3.8, 4) is 0 Å². The van der Waals surface area contributed by atoms with Gasteiger partial charge in [0.1, 0.15) is 5.78 Å². The van der Waals surface area contributed by atoms with Gasteiger partial charge in [0, 0.05) is 12.3 Å². The molecule has 1 rings (SSSR count). The molecule has 0 aromatic carbocycles. The molecule has 13 heavy (non-hydrogen) atoms. The summed E-state index contributed by atoms with van der Waals surface area (Å²) in [6, 6.07) is 0. The average Bonchev–Trinajstić information content (AvgIpc) is 2.52. The zero-order valence-corrected chi connectivity index (χ0v) is 8.75. The summed E-state index contributed by atoms with van der Waals surface area (Å²) in [6.07, 6.45) is 9.41. The first-order valence-electron chi connectivity index (χ1n) is 5.39. The van der Waals surface area contributed by atoms with Crippen molar-refractivity contribution in [3.05, 3.63) is 12.2 Å². The Morgan fingerprint density at radius 1 is 1.46 bits per heavy atom. The zero-order valence-electron chi connectivity index (χ0n) is 8.75. The SMILES string of the molecule is CC=CCCC(=O)C1CCCC1C. The van der Waals surface area contributed by atoms with Gasteiger partial charge >= 0.3 is 0 Å². The highest BCUT2D eigenvalue weighted by molar-refractivity contribution is 5.81. The highest BCUT2D eigenvalue weighted by atomic mass is 16.1. The lowest BCUT2D eigenvalue weighted by atomic mass is 9.91. The molecular formula is C12H20O. The van der Waals surface area contributed by atoms with Crippen molar-refractivity contribution in [3.63, 3.8) is 0 Å². The van der Waals surface area contributed by atoms with Crippen LogP contribution in [0.1, 0.15) is 46.0 Å². The molecule has 1 aliphatic carbocycles. The number of ketones is 1. The topological polar surface area (TPSA) is 17.1 Å². The van der Waals surface area contributed by atoms with Crippen LogP contribution in [-0.2, 0) is 4.79 Å². The molecule has 1 heteroatoms. The summed E-state index contributed by atoms with van der Waals surface area (Å²) >= 11 is 0. The summed E-state index contributed by atoms with van der Waals surface area (Å²) in [4.78, 5) is 11.7. The molecule has 1 nitrogen and oxygen atoms in total.